The largest absolute Gasteiger partial charge is 0.441 e. The molecule has 1 unspecified atom stereocenters. The topological polar surface area (TPSA) is 80.7 Å². The average Bonchev–Trinajstić information content (AvgIpc) is 2.33. The fraction of sp³-hybridized carbons (Fsp3) is 0.300. The number of halogens is 6. The summed E-state index contributed by atoms with van der Waals surface area (Å²) in [5.74, 6) is -1.87. The lowest BCUT2D eigenvalue weighted by Crippen LogP contribution is -2.52. The molecule has 12 heteroatoms. The molecule has 1 N–H and O–H groups in total. The third-order valence-corrected chi connectivity index (χ3v) is 3.41. The van der Waals surface area contributed by atoms with Crippen LogP contribution >= 0.6 is 11.6 Å². The Hall–Kier alpha value is -1.46. The summed E-state index contributed by atoms with van der Waals surface area (Å²) in [6.45, 7) is 0. The second kappa shape index (κ2) is 5.97. The van der Waals surface area contributed by atoms with Crippen LogP contribution in [0.4, 0.5) is 22.0 Å². The first-order valence-corrected chi connectivity index (χ1v) is 6.96. The predicted octanol–water partition coefficient (Wildman–Crippen LogP) is 2.91. The molecule has 0 amide bonds. The van der Waals surface area contributed by atoms with Crippen LogP contribution < -0.4 is 0 Å². The number of ether oxygens (including phenoxy) is 1. The van der Waals surface area contributed by atoms with Crippen molar-refractivity contribution in [2.24, 2.45) is 0 Å². The van der Waals surface area contributed by atoms with E-state index in [0.29, 0.717) is 0 Å². The van der Waals surface area contributed by atoms with Crippen LogP contribution in [-0.2, 0) is 14.9 Å². The first-order chi connectivity index (χ1) is 9.76. The second-order valence-corrected chi connectivity index (χ2v) is 5.80. The molecule has 5 nitrogen and oxygen atoms in total. The molecule has 1 atom stereocenters. The minimum atomic E-state index is -6.47. The second-order valence-electron chi connectivity index (χ2n) is 3.87. The van der Waals surface area contributed by atoms with Crippen molar-refractivity contribution in [3.05, 3.63) is 34.9 Å². The molecular formula is C10H6ClF5O5S. The Kier molecular flexibility index (Phi) is 5.04. The molecule has 0 aliphatic carbocycles. The highest BCUT2D eigenvalue weighted by atomic mass is 35.5. The maximum absolute atomic E-state index is 13.2. The number of benzene rings is 1. The van der Waals surface area contributed by atoms with Crippen LogP contribution in [0.3, 0.4) is 0 Å². The first kappa shape index (κ1) is 18.6. The van der Waals surface area contributed by atoms with Gasteiger partial charge < -0.3 is 4.74 Å². The summed E-state index contributed by atoms with van der Waals surface area (Å²) in [5, 5.41) is -5.67. The molecule has 0 bridgehead atoms. The Labute approximate surface area is 125 Å². The third kappa shape index (κ3) is 4.05. The van der Waals surface area contributed by atoms with Gasteiger partial charge in [0.05, 0.1) is 5.56 Å². The smallest absolute Gasteiger partial charge is 0.432 e. The zero-order valence-corrected chi connectivity index (χ0v) is 11.7. The molecule has 0 aromatic heterocycles. The van der Waals surface area contributed by atoms with Crippen molar-refractivity contribution in [1.29, 1.82) is 0 Å². The molecule has 0 aliphatic heterocycles. The van der Waals surface area contributed by atoms with Gasteiger partial charge in [-0.3, -0.25) is 4.55 Å². The van der Waals surface area contributed by atoms with Crippen molar-refractivity contribution < 1.29 is 44.5 Å². The van der Waals surface area contributed by atoms with E-state index in [0.717, 1.165) is 24.3 Å². The molecule has 0 heterocycles. The lowest BCUT2D eigenvalue weighted by Gasteiger charge is -2.26. The van der Waals surface area contributed by atoms with Gasteiger partial charge >= 0.3 is 27.5 Å². The molecule has 0 saturated heterocycles. The van der Waals surface area contributed by atoms with E-state index in [2.05, 4.69) is 4.74 Å². The maximum atomic E-state index is 13.2. The van der Waals surface area contributed by atoms with Crippen LogP contribution in [0.25, 0.3) is 0 Å². The quantitative estimate of drug-likeness (QED) is 0.502. The van der Waals surface area contributed by atoms with E-state index >= 15 is 0 Å². The van der Waals surface area contributed by atoms with Crippen LogP contribution in [0, 0.1) is 0 Å². The highest BCUT2D eigenvalue weighted by molar-refractivity contribution is 7.86. The summed E-state index contributed by atoms with van der Waals surface area (Å²) < 4.78 is 96.5. The maximum Gasteiger partial charge on any atom is 0.432 e. The Morgan fingerprint density at radius 2 is 1.59 bits per heavy atom. The Balaban J connectivity index is 3.16. The molecule has 0 aliphatic rings. The van der Waals surface area contributed by atoms with Gasteiger partial charge in [-0.15, -0.1) is 0 Å². The molecule has 0 spiro atoms. The summed E-state index contributed by atoms with van der Waals surface area (Å²) in [4.78, 5) is 11.4. The number of carbonyl (C=O) groups is 1. The van der Waals surface area contributed by atoms with Crippen LogP contribution in [0.5, 0.6) is 0 Å². The fourth-order valence-electron chi connectivity index (χ4n) is 1.22. The van der Waals surface area contributed by atoms with Gasteiger partial charge in [0.15, 0.2) is 0 Å². The Bertz CT molecular complexity index is 655. The van der Waals surface area contributed by atoms with Gasteiger partial charge in [0.2, 0.25) is 0 Å². The summed E-state index contributed by atoms with van der Waals surface area (Å²) in [7, 11) is -6.47. The van der Waals surface area contributed by atoms with Crippen molar-refractivity contribution in [2.75, 3.05) is 0 Å². The molecule has 1 aromatic carbocycles. The van der Waals surface area contributed by atoms with E-state index in [1.54, 1.807) is 0 Å². The highest BCUT2D eigenvalue weighted by Gasteiger charge is 2.66. The van der Waals surface area contributed by atoms with Crippen LogP contribution in [0.1, 0.15) is 10.4 Å². The molecule has 0 fully saturated rings. The molecule has 0 radical (unpaired) electrons. The fourth-order valence-corrected chi connectivity index (χ4v) is 1.80. The van der Waals surface area contributed by atoms with Gasteiger partial charge in [-0.1, -0.05) is 11.6 Å². The molecule has 22 heavy (non-hydrogen) atoms. The number of esters is 1. The van der Waals surface area contributed by atoms with Gasteiger partial charge in [0.1, 0.15) is 0 Å². The lowest BCUT2D eigenvalue weighted by molar-refractivity contribution is -0.248. The summed E-state index contributed by atoms with van der Waals surface area (Å²) in [5.41, 5.74) is -0.579. The van der Waals surface area contributed by atoms with E-state index in [1.807, 2.05) is 0 Å². The van der Waals surface area contributed by atoms with E-state index in [4.69, 9.17) is 16.2 Å². The van der Waals surface area contributed by atoms with Crippen molar-refractivity contribution in [1.82, 2.24) is 0 Å². The highest BCUT2D eigenvalue weighted by Crippen LogP contribution is 2.38. The Morgan fingerprint density at radius 3 is 1.95 bits per heavy atom. The number of alkyl halides is 5. The van der Waals surface area contributed by atoms with E-state index < -0.39 is 39.2 Å². The minimum Gasteiger partial charge on any atom is -0.441 e. The van der Waals surface area contributed by atoms with Gasteiger partial charge in [0, 0.05) is 5.02 Å². The predicted molar refractivity (Wildman–Crippen MR) is 63.2 cm³/mol. The SMILES string of the molecule is O=C(OC(C(F)(F)F)C(F)(F)S(=O)(=O)O)c1ccc(Cl)cc1. The molecule has 1 aromatic rings. The van der Waals surface area contributed by atoms with Gasteiger partial charge in [-0.2, -0.15) is 30.4 Å². The number of hydrogen-bond donors (Lipinski definition) is 1. The first-order valence-electron chi connectivity index (χ1n) is 5.15. The number of carbonyl (C=O) groups excluding carboxylic acids is 1. The van der Waals surface area contributed by atoms with Crippen molar-refractivity contribution >= 4 is 27.7 Å². The standard InChI is InChI=1S/C10H6ClF5O5S/c11-6-3-1-5(2-4-6)7(17)21-8(9(12,13)14)10(15,16)22(18,19)20/h1-4,8H,(H,18,19,20). The average molecular weight is 369 g/mol. The van der Waals surface area contributed by atoms with Crippen LogP contribution in [0.15, 0.2) is 24.3 Å². The minimum absolute atomic E-state index is 0.104. The van der Waals surface area contributed by atoms with Crippen molar-refractivity contribution in [3.8, 4) is 0 Å². The van der Waals surface area contributed by atoms with Gasteiger partial charge in [-0.05, 0) is 24.3 Å². The summed E-state index contributed by atoms with van der Waals surface area (Å²) in [6, 6.07) is 3.90. The van der Waals surface area contributed by atoms with E-state index in [-0.39, 0.29) is 5.02 Å². The molecule has 0 saturated carbocycles. The zero-order valence-electron chi connectivity index (χ0n) is 10.1. The lowest BCUT2D eigenvalue weighted by atomic mass is 10.2. The Morgan fingerprint density at radius 1 is 1.14 bits per heavy atom. The molecular weight excluding hydrogens is 363 g/mol. The zero-order chi connectivity index (χ0) is 17.3. The summed E-state index contributed by atoms with van der Waals surface area (Å²) >= 11 is 5.46. The van der Waals surface area contributed by atoms with Crippen LogP contribution in [-0.4, -0.2) is 36.5 Å². The van der Waals surface area contributed by atoms with Gasteiger partial charge in [-0.25, -0.2) is 4.79 Å². The number of hydrogen-bond acceptors (Lipinski definition) is 4. The monoisotopic (exact) mass is 368 g/mol. The molecule has 124 valence electrons. The normalized spacial score (nSPS) is 14.5. The third-order valence-electron chi connectivity index (χ3n) is 2.25. The van der Waals surface area contributed by atoms with Gasteiger partial charge in [0.25, 0.3) is 6.10 Å². The summed E-state index contributed by atoms with van der Waals surface area (Å²) in [6.07, 6.45) is -10.3. The van der Waals surface area contributed by atoms with Crippen molar-refractivity contribution in [2.45, 2.75) is 17.5 Å². The van der Waals surface area contributed by atoms with Crippen molar-refractivity contribution in [3.63, 3.8) is 0 Å². The van der Waals surface area contributed by atoms with Crippen LogP contribution in [0.2, 0.25) is 5.02 Å². The van der Waals surface area contributed by atoms with E-state index in [9.17, 15) is 35.2 Å². The number of rotatable bonds is 4. The molecule has 1 rings (SSSR count). The van der Waals surface area contributed by atoms with E-state index in [1.165, 1.54) is 0 Å².